The van der Waals surface area contributed by atoms with Gasteiger partial charge in [-0.25, -0.2) is 4.98 Å². The monoisotopic (exact) mass is 399 g/mol. The molecule has 0 aliphatic carbocycles. The van der Waals surface area contributed by atoms with Crippen LogP contribution in [-0.4, -0.2) is 22.7 Å². The summed E-state index contributed by atoms with van der Waals surface area (Å²) >= 11 is 0. The first-order chi connectivity index (χ1) is 14.7. The van der Waals surface area contributed by atoms with Crippen molar-refractivity contribution >= 4 is 29.1 Å². The fraction of sp³-hybridized carbons (Fsp3) is 0.0870. The van der Waals surface area contributed by atoms with E-state index in [1.54, 1.807) is 13.3 Å². The van der Waals surface area contributed by atoms with E-state index in [4.69, 9.17) is 9.72 Å². The molecule has 0 atom stereocenters. The molecule has 7 heteroatoms. The fourth-order valence-corrected chi connectivity index (χ4v) is 3.02. The van der Waals surface area contributed by atoms with E-state index in [1.807, 2.05) is 73.7 Å². The van der Waals surface area contributed by atoms with E-state index in [2.05, 4.69) is 15.8 Å². The molecule has 2 aromatic heterocycles. The smallest absolute Gasteiger partial charge is 0.268 e. The van der Waals surface area contributed by atoms with Crippen LogP contribution in [0.25, 0.3) is 5.65 Å². The van der Waals surface area contributed by atoms with Gasteiger partial charge < -0.3 is 10.1 Å². The highest BCUT2D eigenvalue weighted by Crippen LogP contribution is 2.21. The van der Waals surface area contributed by atoms with E-state index in [0.29, 0.717) is 17.0 Å². The van der Waals surface area contributed by atoms with E-state index in [9.17, 15) is 4.79 Å². The van der Waals surface area contributed by atoms with Crippen molar-refractivity contribution < 1.29 is 4.74 Å². The second kappa shape index (κ2) is 8.48. The van der Waals surface area contributed by atoms with Gasteiger partial charge in [0, 0.05) is 11.9 Å². The number of ether oxygens (including phenoxy) is 1. The van der Waals surface area contributed by atoms with Gasteiger partial charge >= 0.3 is 0 Å². The third-order valence-corrected chi connectivity index (χ3v) is 4.60. The second-order valence-electron chi connectivity index (χ2n) is 6.65. The van der Waals surface area contributed by atoms with Crippen molar-refractivity contribution in [1.82, 2.24) is 9.38 Å². The van der Waals surface area contributed by atoms with Gasteiger partial charge in [-0.15, -0.1) is 0 Å². The number of anilines is 3. The van der Waals surface area contributed by atoms with Crippen molar-refractivity contribution in [1.29, 1.82) is 0 Å². The highest BCUT2D eigenvalue weighted by molar-refractivity contribution is 5.88. The molecule has 4 rings (SSSR count). The molecule has 0 fully saturated rings. The van der Waals surface area contributed by atoms with E-state index in [1.165, 1.54) is 10.6 Å². The number of methoxy groups -OCH3 is 1. The molecule has 2 aromatic carbocycles. The minimum atomic E-state index is -0.210. The minimum Gasteiger partial charge on any atom is -0.497 e. The topological polar surface area (TPSA) is 80.0 Å². The summed E-state index contributed by atoms with van der Waals surface area (Å²) in [6.07, 6.45) is 3.19. The SMILES string of the molecule is COc1ccc(Nc2nc3c(C)cccn3c(=O)c2C=NNc2ccccc2)cc1. The predicted octanol–water partition coefficient (Wildman–Crippen LogP) is 4.20. The van der Waals surface area contributed by atoms with Crippen molar-refractivity contribution in [2.75, 3.05) is 17.9 Å². The third-order valence-electron chi connectivity index (χ3n) is 4.60. The normalized spacial score (nSPS) is 11.0. The lowest BCUT2D eigenvalue weighted by molar-refractivity contribution is 0.415. The molecule has 30 heavy (non-hydrogen) atoms. The van der Waals surface area contributed by atoms with Gasteiger partial charge in [0.05, 0.1) is 19.0 Å². The summed E-state index contributed by atoms with van der Waals surface area (Å²) in [6, 6.07) is 20.7. The molecule has 2 heterocycles. The first kappa shape index (κ1) is 19.2. The van der Waals surface area contributed by atoms with Gasteiger partial charge in [-0.1, -0.05) is 24.3 Å². The maximum absolute atomic E-state index is 13.2. The van der Waals surface area contributed by atoms with Gasteiger partial charge in [-0.3, -0.25) is 14.6 Å². The Morgan fingerprint density at radius 3 is 2.50 bits per heavy atom. The fourth-order valence-electron chi connectivity index (χ4n) is 3.02. The molecule has 0 saturated carbocycles. The average molecular weight is 399 g/mol. The van der Waals surface area contributed by atoms with Crippen LogP contribution in [0, 0.1) is 6.92 Å². The second-order valence-corrected chi connectivity index (χ2v) is 6.65. The van der Waals surface area contributed by atoms with Gasteiger partial charge in [0.25, 0.3) is 5.56 Å². The van der Waals surface area contributed by atoms with Crippen LogP contribution in [0.1, 0.15) is 11.1 Å². The molecular formula is C23H21N5O2. The summed E-state index contributed by atoms with van der Waals surface area (Å²) < 4.78 is 6.73. The number of pyridine rings is 1. The number of fused-ring (bicyclic) bond motifs is 1. The van der Waals surface area contributed by atoms with Crippen LogP contribution in [0.2, 0.25) is 0 Å². The van der Waals surface area contributed by atoms with Gasteiger partial charge in [-0.2, -0.15) is 5.10 Å². The van der Waals surface area contributed by atoms with Crippen molar-refractivity contribution in [3.8, 4) is 5.75 Å². The Morgan fingerprint density at radius 2 is 1.77 bits per heavy atom. The predicted molar refractivity (Wildman–Crippen MR) is 120 cm³/mol. The Balaban J connectivity index is 1.76. The highest BCUT2D eigenvalue weighted by atomic mass is 16.5. The van der Waals surface area contributed by atoms with Gasteiger partial charge in [0.15, 0.2) is 0 Å². The number of nitrogens with zero attached hydrogens (tertiary/aromatic N) is 3. The molecule has 0 amide bonds. The molecule has 0 aliphatic rings. The van der Waals surface area contributed by atoms with Crippen LogP contribution in [0.15, 0.2) is 82.8 Å². The van der Waals surface area contributed by atoms with Crippen LogP contribution in [-0.2, 0) is 0 Å². The zero-order chi connectivity index (χ0) is 20.9. The van der Waals surface area contributed by atoms with E-state index in [0.717, 1.165) is 22.7 Å². The molecule has 7 nitrogen and oxygen atoms in total. The number of hydrogen-bond donors (Lipinski definition) is 2. The number of hydrazone groups is 1. The maximum atomic E-state index is 13.2. The summed E-state index contributed by atoms with van der Waals surface area (Å²) in [7, 11) is 1.62. The lowest BCUT2D eigenvalue weighted by atomic mass is 10.2. The van der Waals surface area contributed by atoms with Crippen molar-refractivity contribution in [2.45, 2.75) is 6.92 Å². The van der Waals surface area contributed by atoms with Crippen LogP contribution in [0.5, 0.6) is 5.75 Å². The Hall–Kier alpha value is -4.13. The lowest BCUT2D eigenvalue weighted by Crippen LogP contribution is -2.22. The highest BCUT2D eigenvalue weighted by Gasteiger charge is 2.13. The number of hydrogen-bond acceptors (Lipinski definition) is 6. The number of para-hydroxylation sites is 1. The van der Waals surface area contributed by atoms with Crippen LogP contribution in [0.3, 0.4) is 0 Å². The molecule has 0 spiro atoms. The van der Waals surface area contributed by atoms with Crippen LogP contribution < -0.4 is 21.0 Å². The first-order valence-electron chi connectivity index (χ1n) is 9.43. The standard InChI is InChI=1S/C23H21N5O2/c1-16-7-6-14-28-22(16)26-21(25-17-10-12-19(30-2)13-11-17)20(23(28)29)15-24-27-18-8-4-3-5-9-18/h3-15,25,27H,1-2H3. The van der Waals surface area contributed by atoms with E-state index < -0.39 is 0 Å². The number of rotatable bonds is 6. The molecular weight excluding hydrogens is 378 g/mol. The summed E-state index contributed by atoms with van der Waals surface area (Å²) in [5.74, 6) is 1.18. The molecule has 0 bridgehead atoms. The van der Waals surface area contributed by atoms with E-state index in [-0.39, 0.29) is 5.56 Å². The quantitative estimate of drug-likeness (QED) is 0.375. The molecule has 0 saturated heterocycles. The molecule has 0 radical (unpaired) electrons. The Kier molecular flexibility index (Phi) is 5.43. The Bertz CT molecular complexity index is 1250. The zero-order valence-electron chi connectivity index (χ0n) is 16.7. The maximum Gasteiger partial charge on any atom is 0.268 e. The van der Waals surface area contributed by atoms with Gasteiger partial charge in [0.1, 0.15) is 22.8 Å². The largest absolute Gasteiger partial charge is 0.497 e. The first-order valence-corrected chi connectivity index (χ1v) is 9.43. The third kappa shape index (κ3) is 4.00. The summed E-state index contributed by atoms with van der Waals surface area (Å²) in [6.45, 7) is 1.92. The van der Waals surface area contributed by atoms with Gasteiger partial charge in [0.2, 0.25) is 0 Å². The minimum absolute atomic E-state index is 0.210. The Morgan fingerprint density at radius 1 is 1.00 bits per heavy atom. The molecule has 4 aromatic rings. The molecule has 0 unspecified atom stereocenters. The van der Waals surface area contributed by atoms with Crippen molar-refractivity contribution in [3.05, 3.63) is 94.4 Å². The van der Waals surface area contributed by atoms with E-state index >= 15 is 0 Å². The van der Waals surface area contributed by atoms with Crippen LogP contribution in [0.4, 0.5) is 17.2 Å². The van der Waals surface area contributed by atoms with Crippen molar-refractivity contribution in [3.63, 3.8) is 0 Å². The van der Waals surface area contributed by atoms with Crippen LogP contribution >= 0.6 is 0 Å². The van der Waals surface area contributed by atoms with Gasteiger partial charge in [-0.05, 0) is 55.0 Å². The summed E-state index contributed by atoms with van der Waals surface area (Å²) in [4.78, 5) is 17.9. The number of nitrogens with one attached hydrogen (secondary N) is 2. The number of benzene rings is 2. The summed E-state index contributed by atoms with van der Waals surface area (Å²) in [5.41, 5.74) is 6.17. The molecule has 150 valence electrons. The Labute approximate surface area is 173 Å². The average Bonchev–Trinajstić information content (AvgIpc) is 2.78. The van der Waals surface area contributed by atoms with Crippen molar-refractivity contribution in [2.24, 2.45) is 5.10 Å². The lowest BCUT2D eigenvalue weighted by Gasteiger charge is -2.12. The molecule has 2 N–H and O–H groups in total. The molecule has 0 aliphatic heterocycles. The summed E-state index contributed by atoms with van der Waals surface area (Å²) in [5, 5.41) is 7.48. The number of aryl methyl sites for hydroxylation is 1. The number of aromatic nitrogens is 2. The zero-order valence-corrected chi connectivity index (χ0v) is 16.7.